The second-order valence-corrected chi connectivity index (χ2v) is 4.19. The van der Waals surface area contributed by atoms with Crippen LogP contribution < -0.4 is 10.5 Å². The number of hydrogen-bond donors (Lipinski definition) is 1. The maximum absolute atomic E-state index is 13.5. The predicted molar refractivity (Wildman–Crippen MR) is 61.9 cm³/mol. The van der Waals surface area contributed by atoms with Gasteiger partial charge in [-0.2, -0.15) is 13.9 Å². The summed E-state index contributed by atoms with van der Waals surface area (Å²) in [6.07, 6.45) is 1.65. The fourth-order valence-corrected chi connectivity index (χ4v) is 1.69. The summed E-state index contributed by atoms with van der Waals surface area (Å²) < 4.78 is 72.3. The molecule has 1 aromatic heterocycles. The summed E-state index contributed by atoms with van der Waals surface area (Å²) in [6.45, 7) is -0.245. The van der Waals surface area contributed by atoms with Crippen LogP contribution in [0.2, 0.25) is 0 Å². The van der Waals surface area contributed by atoms with Crippen LogP contribution in [-0.4, -0.2) is 16.3 Å². The predicted octanol–water partition coefficient (Wildman–Crippen LogP) is 2.19. The highest BCUT2D eigenvalue weighted by Gasteiger charge is 2.29. The first-order valence-electron chi connectivity index (χ1n) is 5.73. The minimum atomic E-state index is -2.25. The van der Waals surface area contributed by atoms with Crippen molar-refractivity contribution in [3.8, 4) is 5.75 Å². The fraction of sp³-hybridized carbons (Fsp3) is 0.250. The van der Waals surface area contributed by atoms with Crippen molar-refractivity contribution in [2.24, 2.45) is 12.8 Å². The summed E-state index contributed by atoms with van der Waals surface area (Å²) in [6, 6.07) is 0. The molecule has 2 rings (SSSR count). The van der Waals surface area contributed by atoms with Gasteiger partial charge in [-0.25, -0.2) is 13.2 Å². The lowest BCUT2D eigenvalue weighted by Crippen LogP contribution is -2.20. The molecule has 1 aromatic carbocycles. The van der Waals surface area contributed by atoms with E-state index in [1.807, 2.05) is 0 Å². The van der Waals surface area contributed by atoms with Crippen LogP contribution in [0.4, 0.5) is 22.0 Å². The Hall–Kier alpha value is -2.16. The molecule has 0 spiro atoms. The Balaban J connectivity index is 2.43. The van der Waals surface area contributed by atoms with E-state index in [1.54, 1.807) is 7.05 Å². The highest BCUT2D eigenvalue weighted by atomic mass is 19.2. The van der Waals surface area contributed by atoms with Crippen LogP contribution in [0.5, 0.6) is 5.75 Å². The number of aryl methyl sites for hydroxylation is 1. The summed E-state index contributed by atoms with van der Waals surface area (Å²) >= 11 is 0. The molecular weight excluding hydrogens is 297 g/mol. The lowest BCUT2D eigenvalue weighted by atomic mass is 10.2. The SMILES string of the molecule is Cn1cc(C(CN)Oc2c(F)c(F)c(F)c(F)c2F)cn1. The molecule has 9 heteroatoms. The van der Waals surface area contributed by atoms with Gasteiger partial charge in [-0.15, -0.1) is 0 Å². The molecule has 0 fully saturated rings. The number of nitrogens with two attached hydrogens (primary N) is 1. The van der Waals surface area contributed by atoms with Crippen LogP contribution in [0.25, 0.3) is 0 Å². The summed E-state index contributed by atoms with van der Waals surface area (Å²) in [5, 5.41) is 3.81. The van der Waals surface area contributed by atoms with Gasteiger partial charge in [0, 0.05) is 25.4 Å². The van der Waals surface area contributed by atoms with Gasteiger partial charge in [-0.1, -0.05) is 0 Å². The summed E-state index contributed by atoms with van der Waals surface area (Å²) in [7, 11) is 1.58. The minimum Gasteiger partial charge on any atom is -0.478 e. The van der Waals surface area contributed by atoms with Crippen molar-refractivity contribution in [1.82, 2.24) is 9.78 Å². The van der Waals surface area contributed by atoms with Gasteiger partial charge in [-0.3, -0.25) is 4.68 Å². The third-order valence-electron chi connectivity index (χ3n) is 2.74. The number of halogens is 5. The van der Waals surface area contributed by atoms with Gasteiger partial charge in [0.1, 0.15) is 6.10 Å². The maximum atomic E-state index is 13.5. The van der Waals surface area contributed by atoms with Crippen molar-refractivity contribution in [3.05, 3.63) is 47.0 Å². The summed E-state index contributed by atoms with van der Waals surface area (Å²) in [5.41, 5.74) is 5.74. The molecule has 1 atom stereocenters. The lowest BCUT2D eigenvalue weighted by Gasteiger charge is -2.17. The van der Waals surface area contributed by atoms with Crippen LogP contribution in [0.1, 0.15) is 11.7 Å². The van der Waals surface area contributed by atoms with Crippen LogP contribution in [0.3, 0.4) is 0 Å². The van der Waals surface area contributed by atoms with E-state index in [4.69, 9.17) is 10.5 Å². The van der Waals surface area contributed by atoms with E-state index in [1.165, 1.54) is 17.1 Å². The highest BCUT2D eigenvalue weighted by molar-refractivity contribution is 5.30. The molecule has 0 bridgehead atoms. The number of ether oxygens (including phenoxy) is 1. The monoisotopic (exact) mass is 307 g/mol. The van der Waals surface area contributed by atoms with Gasteiger partial charge in [0.2, 0.25) is 29.1 Å². The van der Waals surface area contributed by atoms with Gasteiger partial charge in [0.25, 0.3) is 0 Å². The molecular formula is C12H10F5N3O. The van der Waals surface area contributed by atoms with Crippen molar-refractivity contribution < 1.29 is 26.7 Å². The Morgan fingerprint density at radius 1 is 1.10 bits per heavy atom. The first-order chi connectivity index (χ1) is 9.86. The zero-order valence-electron chi connectivity index (χ0n) is 10.7. The molecule has 4 nitrogen and oxygen atoms in total. The normalized spacial score (nSPS) is 12.5. The first-order valence-corrected chi connectivity index (χ1v) is 5.73. The molecule has 114 valence electrons. The molecule has 0 amide bonds. The van der Waals surface area contributed by atoms with E-state index in [0.717, 1.165) is 0 Å². The van der Waals surface area contributed by atoms with Crippen molar-refractivity contribution >= 4 is 0 Å². The Labute approximate surface area is 115 Å². The number of nitrogens with zero attached hydrogens (tertiary/aromatic N) is 2. The van der Waals surface area contributed by atoms with Crippen LogP contribution in [-0.2, 0) is 7.05 Å². The Morgan fingerprint density at radius 2 is 1.62 bits per heavy atom. The van der Waals surface area contributed by atoms with Gasteiger partial charge in [-0.05, 0) is 0 Å². The maximum Gasteiger partial charge on any atom is 0.207 e. The summed E-state index contributed by atoms with van der Waals surface area (Å²) in [4.78, 5) is 0. The quantitative estimate of drug-likeness (QED) is 0.535. The smallest absolute Gasteiger partial charge is 0.207 e. The third-order valence-corrected chi connectivity index (χ3v) is 2.74. The van der Waals surface area contributed by atoms with E-state index in [0.29, 0.717) is 5.56 Å². The molecule has 0 saturated carbocycles. The molecule has 2 aromatic rings. The van der Waals surface area contributed by atoms with Gasteiger partial charge >= 0.3 is 0 Å². The van der Waals surface area contributed by atoms with E-state index in [-0.39, 0.29) is 6.54 Å². The number of benzene rings is 1. The number of hydrogen-bond acceptors (Lipinski definition) is 3. The van der Waals surface area contributed by atoms with E-state index < -0.39 is 40.9 Å². The number of aromatic nitrogens is 2. The molecule has 2 N–H and O–H groups in total. The van der Waals surface area contributed by atoms with Crippen LogP contribution in [0.15, 0.2) is 12.4 Å². The Morgan fingerprint density at radius 3 is 2.05 bits per heavy atom. The molecule has 1 unspecified atom stereocenters. The van der Waals surface area contributed by atoms with Crippen LogP contribution >= 0.6 is 0 Å². The first kappa shape index (κ1) is 15.2. The third kappa shape index (κ3) is 2.68. The zero-order valence-corrected chi connectivity index (χ0v) is 10.7. The second-order valence-electron chi connectivity index (χ2n) is 4.19. The largest absolute Gasteiger partial charge is 0.478 e. The van der Waals surface area contributed by atoms with Gasteiger partial charge in [0.05, 0.1) is 6.20 Å². The summed E-state index contributed by atoms with van der Waals surface area (Å²) in [5.74, 6) is -11.9. The van der Waals surface area contributed by atoms with E-state index >= 15 is 0 Å². The minimum absolute atomic E-state index is 0.245. The number of rotatable bonds is 4. The second kappa shape index (κ2) is 5.68. The van der Waals surface area contributed by atoms with Crippen LogP contribution in [0, 0.1) is 29.1 Å². The highest BCUT2D eigenvalue weighted by Crippen LogP contribution is 2.32. The van der Waals surface area contributed by atoms with Gasteiger partial charge < -0.3 is 10.5 Å². The topological polar surface area (TPSA) is 53.1 Å². The fourth-order valence-electron chi connectivity index (χ4n) is 1.69. The molecule has 21 heavy (non-hydrogen) atoms. The standard InChI is InChI=1S/C12H10F5N3O/c1-20-4-5(3-19-20)6(2-18)21-12-10(16)8(14)7(13)9(15)11(12)17/h3-4,6H,2,18H2,1H3. The van der Waals surface area contributed by atoms with Crippen molar-refractivity contribution in [1.29, 1.82) is 0 Å². The van der Waals surface area contributed by atoms with Crippen molar-refractivity contribution in [3.63, 3.8) is 0 Å². The van der Waals surface area contributed by atoms with Gasteiger partial charge in [0.15, 0.2) is 5.75 Å². The average Bonchev–Trinajstić information content (AvgIpc) is 2.90. The van der Waals surface area contributed by atoms with E-state index in [9.17, 15) is 22.0 Å². The lowest BCUT2D eigenvalue weighted by molar-refractivity contribution is 0.185. The van der Waals surface area contributed by atoms with E-state index in [2.05, 4.69) is 5.10 Å². The van der Waals surface area contributed by atoms with Crippen molar-refractivity contribution in [2.75, 3.05) is 6.54 Å². The Bertz CT molecular complexity index is 644. The molecule has 0 aliphatic rings. The van der Waals surface area contributed by atoms with Crippen molar-refractivity contribution in [2.45, 2.75) is 6.10 Å². The average molecular weight is 307 g/mol. The Kier molecular flexibility index (Phi) is 4.12. The molecule has 1 heterocycles. The molecule has 0 radical (unpaired) electrons. The molecule has 0 aliphatic carbocycles. The zero-order chi connectivity index (χ0) is 15.7. The molecule has 0 aliphatic heterocycles. The molecule has 0 saturated heterocycles.